The van der Waals surface area contributed by atoms with E-state index in [1.165, 1.54) is 0 Å². The summed E-state index contributed by atoms with van der Waals surface area (Å²) in [5.41, 5.74) is 2.90. The number of carbonyl (C=O) groups is 2. The lowest BCUT2D eigenvalue weighted by molar-refractivity contribution is -0.136. The molecule has 0 bridgehead atoms. The third-order valence-corrected chi connectivity index (χ3v) is 5.79. The molecule has 7 heteroatoms. The van der Waals surface area contributed by atoms with Crippen LogP contribution in [0.5, 0.6) is 5.75 Å². The molecule has 0 N–H and O–H groups in total. The summed E-state index contributed by atoms with van der Waals surface area (Å²) in [6.07, 6.45) is 1.73. The second-order valence-corrected chi connectivity index (χ2v) is 7.51. The molecule has 29 heavy (non-hydrogen) atoms. The number of amides is 2. The number of hydrogen-bond acceptors (Lipinski definition) is 5. The summed E-state index contributed by atoms with van der Waals surface area (Å²) in [4.78, 5) is 35.7. The first-order valence-electron chi connectivity index (χ1n) is 9.94. The van der Waals surface area contributed by atoms with Crippen LogP contribution >= 0.6 is 0 Å². The third-order valence-electron chi connectivity index (χ3n) is 5.79. The number of nitrogens with zero attached hydrogens (tertiary/aromatic N) is 4. The average Bonchev–Trinajstić information content (AvgIpc) is 2.78. The number of ether oxygens (including phenoxy) is 1. The molecule has 7 nitrogen and oxygen atoms in total. The van der Waals surface area contributed by atoms with Gasteiger partial charge in [0.1, 0.15) is 5.75 Å². The summed E-state index contributed by atoms with van der Waals surface area (Å²) >= 11 is 0. The number of aromatic nitrogens is 1. The first kappa shape index (κ1) is 19.2. The van der Waals surface area contributed by atoms with E-state index < -0.39 is 5.92 Å². The third kappa shape index (κ3) is 3.90. The van der Waals surface area contributed by atoms with Crippen LogP contribution in [0.25, 0.3) is 0 Å². The lowest BCUT2D eigenvalue weighted by Crippen LogP contribution is -2.52. The normalized spacial score (nSPS) is 19.0. The summed E-state index contributed by atoms with van der Waals surface area (Å²) in [5.74, 6) is 0.490. The summed E-state index contributed by atoms with van der Waals surface area (Å²) in [6.45, 7) is 5.33. The minimum Gasteiger partial charge on any atom is -0.497 e. The molecule has 1 fully saturated rings. The molecule has 1 atom stereocenters. The second kappa shape index (κ2) is 8.11. The molecule has 0 radical (unpaired) electrons. The van der Waals surface area contributed by atoms with E-state index in [0.29, 0.717) is 26.2 Å². The Bertz CT molecular complexity index is 891. The highest BCUT2D eigenvalue weighted by atomic mass is 16.5. The predicted molar refractivity (Wildman–Crippen MR) is 110 cm³/mol. The molecule has 1 saturated heterocycles. The van der Waals surface area contributed by atoms with Gasteiger partial charge in [0, 0.05) is 58.1 Å². The Morgan fingerprint density at radius 3 is 2.41 bits per heavy atom. The number of fused-ring (bicyclic) bond motifs is 1. The fraction of sp³-hybridized carbons (Fsp3) is 0.409. The number of rotatable bonds is 3. The van der Waals surface area contributed by atoms with E-state index in [1.807, 2.05) is 41.3 Å². The van der Waals surface area contributed by atoms with Gasteiger partial charge >= 0.3 is 0 Å². The van der Waals surface area contributed by atoms with E-state index in [0.717, 1.165) is 35.8 Å². The topological polar surface area (TPSA) is 66.0 Å². The van der Waals surface area contributed by atoms with E-state index in [9.17, 15) is 9.59 Å². The lowest BCUT2D eigenvalue weighted by atomic mass is 9.93. The second-order valence-electron chi connectivity index (χ2n) is 7.51. The first-order valence-corrected chi connectivity index (χ1v) is 9.94. The molecular weight excluding hydrogens is 368 g/mol. The van der Waals surface area contributed by atoms with E-state index in [1.54, 1.807) is 25.1 Å². The van der Waals surface area contributed by atoms with Gasteiger partial charge in [0.05, 0.1) is 18.7 Å². The minimum absolute atomic E-state index is 0.0124. The monoisotopic (exact) mass is 394 g/mol. The molecule has 2 aromatic rings. The van der Waals surface area contributed by atoms with E-state index in [2.05, 4.69) is 9.88 Å². The van der Waals surface area contributed by atoms with E-state index >= 15 is 0 Å². The smallest absolute Gasteiger partial charge is 0.233 e. The number of piperazine rings is 1. The molecule has 152 valence electrons. The highest BCUT2D eigenvalue weighted by molar-refractivity contribution is 5.86. The van der Waals surface area contributed by atoms with Crippen LogP contribution in [0, 0.1) is 0 Å². The van der Waals surface area contributed by atoms with Gasteiger partial charge in [0.25, 0.3) is 0 Å². The molecule has 4 rings (SSSR count). The van der Waals surface area contributed by atoms with Crippen LogP contribution in [0.2, 0.25) is 0 Å². The standard InChI is InChI=1S/C22H26N4O3/c1-16(27)26-14-17-4-3-9-23-21(17)20(15-26)22(28)25-12-10-24(11-13-25)18-5-7-19(29-2)8-6-18/h3-9,20H,10-15H2,1-2H3. The Balaban J connectivity index is 1.45. The first-order chi connectivity index (χ1) is 14.1. The van der Waals surface area contributed by atoms with Gasteiger partial charge in [0.15, 0.2) is 0 Å². The van der Waals surface area contributed by atoms with Crippen molar-refractivity contribution in [3.63, 3.8) is 0 Å². The molecule has 3 heterocycles. The van der Waals surface area contributed by atoms with Crippen molar-refractivity contribution in [2.75, 3.05) is 44.7 Å². The molecule has 0 saturated carbocycles. The maximum atomic E-state index is 13.3. The van der Waals surface area contributed by atoms with Gasteiger partial charge in [-0.3, -0.25) is 14.6 Å². The number of benzene rings is 1. The summed E-state index contributed by atoms with van der Waals surface area (Å²) in [7, 11) is 1.66. The van der Waals surface area contributed by atoms with Crippen molar-refractivity contribution in [2.24, 2.45) is 0 Å². The molecule has 0 spiro atoms. The molecule has 1 aromatic heterocycles. The largest absolute Gasteiger partial charge is 0.497 e. The highest BCUT2D eigenvalue weighted by Gasteiger charge is 2.36. The molecule has 2 aliphatic heterocycles. The highest BCUT2D eigenvalue weighted by Crippen LogP contribution is 2.29. The summed E-state index contributed by atoms with van der Waals surface area (Å²) in [5, 5.41) is 0. The van der Waals surface area contributed by atoms with Crippen LogP contribution < -0.4 is 9.64 Å². The van der Waals surface area contributed by atoms with Gasteiger partial charge in [-0.2, -0.15) is 0 Å². The number of methoxy groups -OCH3 is 1. The van der Waals surface area contributed by atoms with Crippen LogP contribution in [0.15, 0.2) is 42.6 Å². The van der Waals surface area contributed by atoms with Crippen molar-refractivity contribution in [3.05, 3.63) is 53.9 Å². The molecule has 2 aliphatic rings. The van der Waals surface area contributed by atoms with Crippen LogP contribution in [0.1, 0.15) is 24.1 Å². The van der Waals surface area contributed by atoms with Gasteiger partial charge in [-0.25, -0.2) is 0 Å². The molecular formula is C22H26N4O3. The van der Waals surface area contributed by atoms with Gasteiger partial charge in [-0.15, -0.1) is 0 Å². The van der Waals surface area contributed by atoms with Crippen molar-refractivity contribution < 1.29 is 14.3 Å². The van der Waals surface area contributed by atoms with Crippen LogP contribution in [-0.4, -0.2) is 66.4 Å². The Labute approximate surface area is 170 Å². The Kier molecular flexibility index (Phi) is 5.38. The summed E-state index contributed by atoms with van der Waals surface area (Å²) in [6, 6.07) is 11.8. The molecule has 0 aliphatic carbocycles. The van der Waals surface area contributed by atoms with E-state index in [-0.39, 0.29) is 11.8 Å². The van der Waals surface area contributed by atoms with Crippen molar-refractivity contribution in [3.8, 4) is 5.75 Å². The zero-order valence-corrected chi connectivity index (χ0v) is 16.9. The maximum Gasteiger partial charge on any atom is 0.233 e. The minimum atomic E-state index is -0.392. The number of carbonyl (C=O) groups excluding carboxylic acids is 2. The Hall–Kier alpha value is -3.09. The maximum absolute atomic E-state index is 13.3. The number of anilines is 1. The van der Waals surface area contributed by atoms with Gasteiger partial charge in [-0.05, 0) is 35.9 Å². The van der Waals surface area contributed by atoms with Gasteiger partial charge in [-0.1, -0.05) is 6.07 Å². The number of hydrogen-bond donors (Lipinski definition) is 0. The zero-order chi connectivity index (χ0) is 20.4. The predicted octanol–water partition coefficient (Wildman–Crippen LogP) is 1.88. The fourth-order valence-electron chi connectivity index (χ4n) is 4.11. The van der Waals surface area contributed by atoms with Gasteiger partial charge < -0.3 is 19.4 Å². The van der Waals surface area contributed by atoms with Crippen molar-refractivity contribution >= 4 is 17.5 Å². The molecule has 1 aromatic carbocycles. The molecule has 2 amide bonds. The SMILES string of the molecule is COc1ccc(N2CCN(C(=O)C3CN(C(C)=O)Cc4cccnc43)CC2)cc1. The quantitative estimate of drug-likeness (QED) is 0.795. The average molecular weight is 394 g/mol. The van der Waals surface area contributed by atoms with Crippen LogP contribution in [0.3, 0.4) is 0 Å². The van der Waals surface area contributed by atoms with E-state index in [4.69, 9.17) is 4.74 Å². The molecule has 1 unspecified atom stereocenters. The zero-order valence-electron chi connectivity index (χ0n) is 16.9. The number of pyridine rings is 1. The summed E-state index contributed by atoms with van der Waals surface area (Å²) < 4.78 is 5.22. The lowest BCUT2D eigenvalue weighted by Gasteiger charge is -2.39. The van der Waals surface area contributed by atoms with Gasteiger partial charge in [0.2, 0.25) is 11.8 Å². The Morgan fingerprint density at radius 2 is 1.76 bits per heavy atom. The van der Waals surface area contributed by atoms with Crippen LogP contribution in [-0.2, 0) is 16.1 Å². The fourth-order valence-corrected chi connectivity index (χ4v) is 4.11. The van der Waals surface area contributed by atoms with Crippen molar-refractivity contribution in [1.82, 2.24) is 14.8 Å². The van der Waals surface area contributed by atoms with Crippen molar-refractivity contribution in [1.29, 1.82) is 0 Å². The van der Waals surface area contributed by atoms with Crippen molar-refractivity contribution in [2.45, 2.75) is 19.4 Å². The Morgan fingerprint density at radius 1 is 1.03 bits per heavy atom. The van der Waals surface area contributed by atoms with Crippen LogP contribution in [0.4, 0.5) is 5.69 Å².